The fourth-order valence-electron chi connectivity index (χ4n) is 3.81. The molecule has 4 aromatic rings. The van der Waals surface area contributed by atoms with E-state index in [0.717, 1.165) is 47.9 Å². The number of nitrogens with zero attached hydrogens (tertiary/aromatic N) is 8. The first-order chi connectivity index (χ1) is 14.2. The van der Waals surface area contributed by atoms with Gasteiger partial charge in [0, 0.05) is 30.6 Å². The largest absolute Gasteiger partial charge is 0.350 e. The molecule has 5 heterocycles. The Morgan fingerprint density at radius 1 is 1.10 bits per heavy atom. The summed E-state index contributed by atoms with van der Waals surface area (Å²) >= 11 is 0. The molecule has 1 unspecified atom stereocenters. The molecule has 1 fully saturated rings. The third-order valence-corrected chi connectivity index (χ3v) is 5.28. The van der Waals surface area contributed by atoms with Gasteiger partial charge in [0.25, 0.3) is 5.56 Å². The molecule has 5 rings (SSSR count). The van der Waals surface area contributed by atoms with Gasteiger partial charge in [0.1, 0.15) is 5.82 Å². The summed E-state index contributed by atoms with van der Waals surface area (Å²) < 4.78 is 3.30. The van der Waals surface area contributed by atoms with Crippen molar-refractivity contribution in [3.8, 4) is 11.3 Å². The fourth-order valence-corrected chi connectivity index (χ4v) is 3.81. The van der Waals surface area contributed by atoms with Crippen LogP contribution >= 0.6 is 0 Å². The summed E-state index contributed by atoms with van der Waals surface area (Å²) in [6.07, 6.45) is 5.49. The molecular weight excluding hydrogens is 368 g/mol. The maximum atomic E-state index is 12.4. The Bertz CT molecular complexity index is 1220. The second-order valence-electron chi connectivity index (χ2n) is 7.18. The van der Waals surface area contributed by atoms with Gasteiger partial charge in [-0.3, -0.25) is 9.78 Å². The summed E-state index contributed by atoms with van der Waals surface area (Å²) in [6, 6.07) is 11.1. The van der Waals surface area contributed by atoms with Crippen LogP contribution in [0.4, 0.5) is 5.82 Å². The normalized spacial score (nSPS) is 16.6. The minimum absolute atomic E-state index is 0.109. The van der Waals surface area contributed by atoms with E-state index >= 15 is 0 Å². The van der Waals surface area contributed by atoms with E-state index in [4.69, 9.17) is 5.10 Å². The molecule has 9 nitrogen and oxygen atoms in total. The van der Waals surface area contributed by atoms with Gasteiger partial charge in [-0.05, 0) is 50.1 Å². The highest BCUT2D eigenvalue weighted by atomic mass is 16.1. The summed E-state index contributed by atoms with van der Waals surface area (Å²) in [7, 11) is 0. The Balaban J connectivity index is 1.45. The van der Waals surface area contributed by atoms with Gasteiger partial charge in [-0.2, -0.15) is 9.61 Å². The predicted octanol–water partition coefficient (Wildman–Crippen LogP) is 1.72. The molecule has 4 aromatic heterocycles. The van der Waals surface area contributed by atoms with Crippen LogP contribution in [0.15, 0.2) is 53.6 Å². The molecular formula is C20H20N8O. The Morgan fingerprint density at radius 3 is 2.90 bits per heavy atom. The highest BCUT2D eigenvalue weighted by Gasteiger charge is 2.27. The fraction of sp³-hybridized carbons (Fsp3) is 0.300. The third kappa shape index (κ3) is 3.24. The number of pyridine rings is 1. The summed E-state index contributed by atoms with van der Waals surface area (Å²) in [5, 5.41) is 17.4. The highest BCUT2D eigenvalue weighted by molar-refractivity contribution is 5.56. The Morgan fingerprint density at radius 2 is 2.03 bits per heavy atom. The number of anilines is 1. The lowest BCUT2D eigenvalue weighted by atomic mass is 10.2. The molecule has 0 radical (unpaired) electrons. The van der Waals surface area contributed by atoms with Crippen molar-refractivity contribution in [2.75, 3.05) is 11.4 Å². The van der Waals surface area contributed by atoms with Gasteiger partial charge < -0.3 is 4.90 Å². The van der Waals surface area contributed by atoms with E-state index < -0.39 is 0 Å². The monoisotopic (exact) mass is 388 g/mol. The van der Waals surface area contributed by atoms with E-state index in [2.05, 4.69) is 25.2 Å². The lowest BCUT2D eigenvalue weighted by Crippen LogP contribution is -2.37. The van der Waals surface area contributed by atoms with Crippen LogP contribution in [0.5, 0.6) is 0 Å². The summed E-state index contributed by atoms with van der Waals surface area (Å²) in [5.74, 6) is 1.61. The summed E-state index contributed by atoms with van der Waals surface area (Å²) in [6.45, 7) is 3.28. The van der Waals surface area contributed by atoms with Crippen molar-refractivity contribution < 1.29 is 0 Å². The van der Waals surface area contributed by atoms with Gasteiger partial charge in [-0.25, -0.2) is 4.68 Å². The summed E-state index contributed by atoms with van der Waals surface area (Å²) in [5.41, 5.74) is 2.24. The molecule has 1 saturated heterocycles. The molecule has 1 aliphatic heterocycles. The van der Waals surface area contributed by atoms with Crippen molar-refractivity contribution in [2.24, 2.45) is 0 Å². The van der Waals surface area contributed by atoms with Crippen LogP contribution in [0.25, 0.3) is 16.9 Å². The second kappa shape index (κ2) is 7.08. The number of fused-ring (bicyclic) bond motifs is 1. The quantitative estimate of drug-likeness (QED) is 0.525. The van der Waals surface area contributed by atoms with Crippen molar-refractivity contribution in [2.45, 2.75) is 32.4 Å². The average molecular weight is 388 g/mol. The molecule has 0 N–H and O–H groups in total. The van der Waals surface area contributed by atoms with Gasteiger partial charge in [-0.1, -0.05) is 0 Å². The van der Waals surface area contributed by atoms with Crippen LogP contribution in [-0.4, -0.2) is 47.2 Å². The van der Waals surface area contributed by atoms with Crippen LogP contribution in [0.3, 0.4) is 0 Å². The van der Waals surface area contributed by atoms with E-state index in [1.165, 1.54) is 0 Å². The zero-order valence-electron chi connectivity index (χ0n) is 16.0. The molecule has 0 aliphatic carbocycles. The smallest absolute Gasteiger partial charge is 0.266 e. The standard InChI is InChI=1S/C20H20N8O/c1-14-22-23-18-7-8-19(25-28(14)18)26-11-3-5-16(26)13-27-20(29)9-6-17(24-27)15-4-2-10-21-12-15/h2,4,6-10,12,16H,3,5,11,13H2,1H3. The number of hydrogen-bond donors (Lipinski definition) is 0. The van der Waals surface area contributed by atoms with Crippen LogP contribution < -0.4 is 10.5 Å². The highest BCUT2D eigenvalue weighted by Crippen LogP contribution is 2.25. The van der Waals surface area contributed by atoms with E-state index in [1.54, 1.807) is 33.7 Å². The zero-order valence-corrected chi connectivity index (χ0v) is 16.0. The van der Waals surface area contributed by atoms with Crippen LogP contribution in [-0.2, 0) is 6.54 Å². The van der Waals surface area contributed by atoms with Gasteiger partial charge in [0.05, 0.1) is 18.3 Å². The minimum Gasteiger partial charge on any atom is -0.350 e. The van der Waals surface area contributed by atoms with E-state index in [-0.39, 0.29) is 11.6 Å². The lowest BCUT2D eigenvalue weighted by molar-refractivity contribution is 0.487. The van der Waals surface area contributed by atoms with Crippen molar-refractivity contribution in [3.05, 3.63) is 65.0 Å². The van der Waals surface area contributed by atoms with E-state index in [9.17, 15) is 4.79 Å². The number of rotatable bonds is 4. The first kappa shape index (κ1) is 17.5. The Labute approximate surface area is 166 Å². The molecule has 0 amide bonds. The first-order valence-corrected chi connectivity index (χ1v) is 9.63. The van der Waals surface area contributed by atoms with Crippen molar-refractivity contribution >= 4 is 11.5 Å². The minimum atomic E-state index is -0.109. The first-order valence-electron chi connectivity index (χ1n) is 9.63. The van der Waals surface area contributed by atoms with Crippen LogP contribution in [0.1, 0.15) is 18.7 Å². The maximum absolute atomic E-state index is 12.4. The molecule has 29 heavy (non-hydrogen) atoms. The lowest BCUT2D eigenvalue weighted by Gasteiger charge is -2.25. The predicted molar refractivity (Wildman–Crippen MR) is 108 cm³/mol. The van der Waals surface area contributed by atoms with Crippen molar-refractivity contribution in [1.29, 1.82) is 0 Å². The molecule has 0 bridgehead atoms. The zero-order chi connectivity index (χ0) is 19.8. The van der Waals surface area contributed by atoms with Gasteiger partial charge in [0.2, 0.25) is 0 Å². The van der Waals surface area contributed by atoms with Gasteiger partial charge >= 0.3 is 0 Å². The average Bonchev–Trinajstić information content (AvgIpc) is 3.37. The van der Waals surface area contributed by atoms with E-state index in [0.29, 0.717) is 6.54 Å². The van der Waals surface area contributed by atoms with Crippen molar-refractivity contribution in [3.63, 3.8) is 0 Å². The molecule has 9 heteroatoms. The summed E-state index contributed by atoms with van der Waals surface area (Å²) in [4.78, 5) is 18.8. The Hall–Kier alpha value is -3.62. The SMILES string of the molecule is Cc1nnc2ccc(N3CCCC3Cn3nc(-c4cccnc4)ccc3=O)nn12. The Kier molecular flexibility index (Phi) is 4.27. The number of aryl methyl sites for hydroxylation is 1. The topological polar surface area (TPSA) is 94.1 Å². The van der Waals surface area contributed by atoms with Crippen LogP contribution in [0.2, 0.25) is 0 Å². The molecule has 146 valence electrons. The third-order valence-electron chi connectivity index (χ3n) is 5.28. The number of aromatic nitrogens is 7. The van der Waals surface area contributed by atoms with Gasteiger partial charge in [0.15, 0.2) is 11.5 Å². The molecule has 0 aromatic carbocycles. The van der Waals surface area contributed by atoms with E-state index in [1.807, 2.05) is 31.2 Å². The maximum Gasteiger partial charge on any atom is 0.266 e. The van der Waals surface area contributed by atoms with Gasteiger partial charge in [-0.15, -0.1) is 15.3 Å². The molecule has 0 saturated carbocycles. The molecule has 1 atom stereocenters. The van der Waals surface area contributed by atoms with Crippen molar-refractivity contribution in [1.82, 2.24) is 34.6 Å². The van der Waals surface area contributed by atoms with Crippen LogP contribution in [0, 0.1) is 6.92 Å². The number of hydrogen-bond acceptors (Lipinski definition) is 7. The second-order valence-corrected chi connectivity index (χ2v) is 7.18. The molecule has 0 spiro atoms. The molecule has 1 aliphatic rings.